The minimum atomic E-state index is -0.560. The van der Waals surface area contributed by atoms with E-state index in [1.165, 1.54) is 6.07 Å². The lowest BCUT2D eigenvalue weighted by Crippen LogP contribution is -2.46. The van der Waals surface area contributed by atoms with Crippen LogP contribution in [-0.4, -0.2) is 37.7 Å². The van der Waals surface area contributed by atoms with Gasteiger partial charge in [0.2, 0.25) is 12.7 Å². The van der Waals surface area contributed by atoms with Crippen LogP contribution in [0.15, 0.2) is 36.4 Å². The van der Waals surface area contributed by atoms with Crippen LogP contribution >= 0.6 is 11.6 Å². The second-order valence-electron chi connectivity index (χ2n) is 6.71. The van der Waals surface area contributed by atoms with E-state index in [9.17, 15) is 14.4 Å². The molecule has 2 aromatic carbocycles. The van der Waals surface area contributed by atoms with Crippen molar-refractivity contribution >= 4 is 29.3 Å². The molecule has 164 valence electrons. The van der Waals surface area contributed by atoms with Crippen molar-refractivity contribution < 1.29 is 28.6 Å². The van der Waals surface area contributed by atoms with Gasteiger partial charge in [0.25, 0.3) is 11.8 Å². The number of carbonyl (C=O) groups is 3. The van der Waals surface area contributed by atoms with Gasteiger partial charge in [0, 0.05) is 17.0 Å². The van der Waals surface area contributed by atoms with E-state index >= 15 is 0 Å². The van der Waals surface area contributed by atoms with Crippen LogP contribution in [0, 0.1) is 6.92 Å². The quantitative estimate of drug-likeness (QED) is 0.422. The maximum Gasteiger partial charge on any atom is 0.257 e. The zero-order valence-electron chi connectivity index (χ0n) is 16.8. The van der Waals surface area contributed by atoms with Crippen LogP contribution in [0.5, 0.6) is 17.2 Å². The smallest absolute Gasteiger partial charge is 0.257 e. The molecule has 31 heavy (non-hydrogen) atoms. The van der Waals surface area contributed by atoms with E-state index in [0.29, 0.717) is 40.9 Å². The van der Waals surface area contributed by atoms with E-state index in [0.717, 1.165) is 5.56 Å². The van der Waals surface area contributed by atoms with Gasteiger partial charge in [-0.1, -0.05) is 11.6 Å². The van der Waals surface area contributed by atoms with Crippen molar-refractivity contribution in [1.29, 1.82) is 0 Å². The summed E-state index contributed by atoms with van der Waals surface area (Å²) in [5, 5.41) is 3.10. The third-order valence-corrected chi connectivity index (χ3v) is 4.56. The molecule has 10 heteroatoms. The molecular formula is C21H22ClN3O6. The zero-order valence-corrected chi connectivity index (χ0v) is 17.6. The van der Waals surface area contributed by atoms with Gasteiger partial charge in [0.15, 0.2) is 11.5 Å². The molecule has 0 radical (unpaired) electrons. The van der Waals surface area contributed by atoms with Gasteiger partial charge in [-0.15, -0.1) is 0 Å². The number of aryl methyl sites for hydroxylation is 1. The van der Waals surface area contributed by atoms with E-state index in [4.69, 9.17) is 25.8 Å². The number of hydrogen-bond acceptors (Lipinski definition) is 6. The lowest BCUT2D eigenvalue weighted by atomic mass is 10.2. The highest BCUT2D eigenvalue weighted by atomic mass is 35.5. The predicted molar refractivity (Wildman–Crippen MR) is 112 cm³/mol. The second-order valence-corrected chi connectivity index (χ2v) is 7.15. The highest BCUT2D eigenvalue weighted by molar-refractivity contribution is 6.30. The number of halogens is 1. The molecule has 1 heterocycles. The summed E-state index contributed by atoms with van der Waals surface area (Å²) in [6, 6.07) is 10.0. The van der Waals surface area contributed by atoms with Gasteiger partial charge in [-0.2, -0.15) is 0 Å². The van der Waals surface area contributed by atoms with Crippen molar-refractivity contribution in [2.75, 3.05) is 19.9 Å². The third kappa shape index (κ3) is 6.51. The van der Waals surface area contributed by atoms with Crippen LogP contribution in [0.2, 0.25) is 5.02 Å². The highest BCUT2D eigenvalue weighted by Crippen LogP contribution is 2.32. The largest absolute Gasteiger partial charge is 0.493 e. The normalized spacial score (nSPS) is 11.5. The number of hydrazine groups is 1. The fourth-order valence-electron chi connectivity index (χ4n) is 2.74. The van der Waals surface area contributed by atoms with Crippen molar-refractivity contribution in [3.05, 3.63) is 52.5 Å². The second kappa shape index (κ2) is 10.5. The minimum absolute atomic E-state index is 0.107. The Morgan fingerprint density at radius 2 is 1.81 bits per heavy atom. The molecule has 0 saturated heterocycles. The number of fused-ring (bicyclic) bond motifs is 1. The molecule has 2 aromatic rings. The Balaban J connectivity index is 1.30. The number of rotatable bonds is 8. The maximum atomic E-state index is 12.1. The van der Waals surface area contributed by atoms with Gasteiger partial charge in [0.05, 0.1) is 13.2 Å². The van der Waals surface area contributed by atoms with Crippen LogP contribution in [0.4, 0.5) is 0 Å². The van der Waals surface area contributed by atoms with Gasteiger partial charge in [-0.05, 0) is 55.3 Å². The molecule has 0 fully saturated rings. The first-order valence-electron chi connectivity index (χ1n) is 9.57. The van der Waals surface area contributed by atoms with Crippen LogP contribution in [0.25, 0.3) is 0 Å². The topological polar surface area (TPSA) is 115 Å². The van der Waals surface area contributed by atoms with E-state index in [2.05, 4.69) is 16.2 Å². The third-order valence-electron chi connectivity index (χ3n) is 4.33. The zero-order chi connectivity index (χ0) is 22.2. The van der Waals surface area contributed by atoms with E-state index < -0.39 is 11.8 Å². The molecule has 9 nitrogen and oxygen atoms in total. The molecule has 1 aliphatic heterocycles. The Hall–Kier alpha value is -3.46. The molecule has 0 saturated carbocycles. The first kappa shape index (κ1) is 22.2. The lowest BCUT2D eigenvalue weighted by molar-refractivity contribution is -0.128. The lowest BCUT2D eigenvalue weighted by Gasteiger charge is -2.10. The number of hydrogen-bond donors (Lipinski definition) is 3. The molecule has 0 atom stereocenters. The standard InChI is InChI=1S/C21H22ClN3O6/c1-13-9-15(22)5-7-16(13)29-8-2-3-19(26)24-25-20(27)11-23-21(28)14-4-6-17-18(10-14)31-12-30-17/h4-7,9-10H,2-3,8,11-12H2,1H3,(H,23,28)(H,24,26)(H,25,27). The van der Waals surface area contributed by atoms with E-state index in [-0.39, 0.29) is 25.7 Å². The SMILES string of the molecule is Cc1cc(Cl)ccc1OCCCC(=O)NNC(=O)CNC(=O)c1ccc2c(c1)OCO2. The Morgan fingerprint density at radius 3 is 2.61 bits per heavy atom. The summed E-state index contributed by atoms with van der Waals surface area (Å²) in [6.45, 7) is 2.03. The molecule has 0 aromatic heterocycles. The van der Waals surface area contributed by atoms with Crippen LogP contribution < -0.4 is 30.4 Å². The average molecular weight is 448 g/mol. The number of ether oxygens (including phenoxy) is 3. The number of nitrogens with one attached hydrogen (secondary N) is 3. The first-order valence-corrected chi connectivity index (χ1v) is 9.94. The average Bonchev–Trinajstić information content (AvgIpc) is 3.22. The van der Waals surface area contributed by atoms with E-state index in [1.807, 2.05) is 6.92 Å². The van der Waals surface area contributed by atoms with Crippen LogP contribution in [-0.2, 0) is 9.59 Å². The fourth-order valence-corrected chi connectivity index (χ4v) is 2.96. The highest BCUT2D eigenvalue weighted by Gasteiger charge is 2.16. The molecule has 1 aliphatic rings. The van der Waals surface area contributed by atoms with Gasteiger partial charge in [-0.25, -0.2) is 0 Å². The summed E-state index contributed by atoms with van der Waals surface area (Å²) >= 11 is 5.90. The van der Waals surface area contributed by atoms with Gasteiger partial charge >= 0.3 is 0 Å². The van der Waals surface area contributed by atoms with Crippen molar-refractivity contribution in [2.24, 2.45) is 0 Å². The summed E-state index contributed by atoms with van der Waals surface area (Å²) in [4.78, 5) is 35.8. The Bertz CT molecular complexity index is 982. The van der Waals surface area contributed by atoms with Crippen LogP contribution in [0.1, 0.15) is 28.8 Å². The molecule has 3 rings (SSSR count). The summed E-state index contributed by atoms with van der Waals surface area (Å²) in [5.41, 5.74) is 5.79. The van der Waals surface area contributed by atoms with Crippen molar-refractivity contribution in [3.63, 3.8) is 0 Å². The Morgan fingerprint density at radius 1 is 1.03 bits per heavy atom. The molecular weight excluding hydrogens is 426 g/mol. The predicted octanol–water partition coefficient (Wildman–Crippen LogP) is 2.11. The molecule has 3 amide bonds. The van der Waals surface area contributed by atoms with Crippen molar-refractivity contribution in [2.45, 2.75) is 19.8 Å². The van der Waals surface area contributed by atoms with Gasteiger partial charge < -0.3 is 19.5 Å². The number of carbonyl (C=O) groups excluding carboxylic acids is 3. The minimum Gasteiger partial charge on any atom is -0.493 e. The molecule has 3 N–H and O–H groups in total. The molecule has 0 spiro atoms. The first-order chi connectivity index (χ1) is 14.9. The van der Waals surface area contributed by atoms with Gasteiger partial charge in [0.1, 0.15) is 5.75 Å². The summed E-state index contributed by atoms with van der Waals surface area (Å²) in [7, 11) is 0. The molecule has 0 unspecified atom stereocenters. The fraction of sp³-hybridized carbons (Fsp3) is 0.286. The summed E-state index contributed by atoms with van der Waals surface area (Å²) in [5.74, 6) is 0.360. The number of amides is 3. The molecule has 0 bridgehead atoms. The monoisotopic (exact) mass is 447 g/mol. The van der Waals surface area contributed by atoms with E-state index in [1.54, 1.807) is 30.3 Å². The van der Waals surface area contributed by atoms with Gasteiger partial charge in [-0.3, -0.25) is 25.2 Å². The Labute approximate surface area is 184 Å². The van der Waals surface area contributed by atoms with Crippen molar-refractivity contribution in [3.8, 4) is 17.2 Å². The Kier molecular flexibility index (Phi) is 7.55. The molecule has 0 aliphatic carbocycles. The maximum absolute atomic E-state index is 12.1. The number of benzene rings is 2. The summed E-state index contributed by atoms with van der Waals surface area (Å²) < 4.78 is 16.0. The summed E-state index contributed by atoms with van der Waals surface area (Å²) in [6.07, 6.45) is 0.626. The van der Waals surface area contributed by atoms with Crippen molar-refractivity contribution in [1.82, 2.24) is 16.2 Å². The van der Waals surface area contributed by atoms with Crippen LogP contribution in [0.3, 0.4) is 0 Å².